The van der Waals surface area contributed by atoms with Crippen LogP contribution in [-0.4, -0.2) is 35.8 Å². The number of benzene rings is 2. The average molecular weight is 402 g/mol. The van der Waals surface area contributed by atoms with E-state index in [-0.39, 0.29) is 48.6 Å². The minimum atomic E-state index is -0.331. The Kier molecular flexibility index (Phi) is 7.61. The molecule has 2 amide bonds. The van der Waals surface area contributed by atoms with E-state index >= 15 is 0 Å². The van der Waals surface area contributed by atoms with Crippen LogP contribution in [0.2, 0.25) is 0 Å². The monoisotopic (exact) mass is 401 g/mol. The van der Waals surface area contributed by atoms with E-state index in [0.717, 1.165) is 16.7 Å². The van der Waals surface area contributed by atoms with Gasteiger partial charge in [0.05, 0.1) is 12.5 Å². The highest BCUT2D eigenvalue weighted by atomic mass is 35.5. The standard InChI is InChI=1S/C22H27N3O2.ClH/c1-15-8-10-18(11-9-15)21(24-16(2)26)12-22(27)25-13-19(20(23)14-25)17-6-4-3-5-7-17;/h3-11,19-21H,12-14,23H2,1-2H3,(H,24,26);1H/t19-,20+,21?;/m0./s1. The zero-order chi connectivity index (χ0) is 19.4. The number of nitrogens with two attached hydrogens (primary N) is 1. The molecule has 1 aliphatic rings. The van der Waals surface area contributed by atoms with Crippen LogP contribution in [-0.2, 0) is 9.59 Å². The molecule has 1 heterocycles. The van der Waals surface area contributed by atoms with Gasteiger partial charge < -0.3 is 16.0 Å². The van der Waals surface area contributed by atoms with Crippen molar-refractivity contribution < 1.29 is 9.59 Å². The highest BCUT2D eigenvalue weighted by Crippen LogP contribution is 2.28. The lowest BCUT2D eigenvalue weighted by Crippen LogP contribution is -2.36. The maximum Gasteiger partial charge on any atom is 0.225 e. The first-order valence-corrected chi connectivity index (χ1v) is 9.36. The van der Waals surface area contributed by atoms with Crippen molar-refractivity contribution in [3.05, 3.63) is 71.3 Å². The van der Waals surface area contributed by atoms with Crippen LogP contribution in [0, 0.1) is 6.92 Å². The van der Waals surface area contributed by atoms with Gasteiger partial charge in [-0.3, -0.25) is 9.59 Å². The normalized spacial score (nSPS) is 19.6. The highest BCUT2D eigenvalue weighted by molar-refractivity contribution is 5.85. The number of carbonyl (C=O) groups excluding carboxylic acids is 2. The Balaban J connectivity index is 0.00000280. The maximum atomic E-state index is 12.9. The summed E-state index contributed by atoms with van der Waals surface area (Å²) >= 11 is 0. The number of nitrogens with zero attached hydrogens (tertiary/aromatic N) is 1. The zero-order valence-corrected chi connectivity index (χ0v) is 17.1. The van der Waals surface area contributed by atoms with E-state index in [1.54, 1.807) is 0 Å². The van der Waals surface area contributed by atoms with Crippen LogP contribution < -0.4 is 11.1 Å². The Morgan fingerprint density at radius 1 is 1.11 bits per heavy atom. The second-order valence-electron chi connectivity index (χ2n) is 7.35. The topological polar surface area (TPSA) is 75.4 Å². The first-order chi connectivity index (χ1) is 12.9. The summed E-state index contributed by atoms with van der Waals surface area (Å²) in [6.45, 7) is 4.64. The quantitative estimate of drug-likeness (QED) is 0.808. The SMILES string of the molecule is CC(=O)NC(CC(=O)N1C[C@@H](N)[C@H](c2ccccc2)C1)c1ccc(C)cc1.Cl. The molecule has 0 spiro atoms. The Bertz CT molecular complexity index is 795. The molecule has 1 saturated heterocycles. The molecule has 0 bridgehead atoms. The molecule has 2 aromatic rings. The summed E-state index contributed by atoms with van der Waals surface area (Å²) in [7, 11) is 0. The number of hydrogen-bond acceptors (Lipinski definition) is 3. The van der Waals surface area contributed by atoms with Gasteiger partial charge in [0.15, 0.2) is 0 Å². The summed E-state index contributed by atoms with van der Waals surface area (Å²) in [5.41, 5.74) is 9.56. The Morgan fingerprint density at radius 2 is 1.75 bits per heavy atom. The Hall–Kier alpha value is -2.37. The molecule has 5 nitrogen and oxygen atoms in total. The van der Waals surface area contributed by atoms with Crippen LogP contribution >= 0.6 is 12.4 Å². The fourth-order valence-electron chi connectivity index (χ4n) is 3.69. The number of rotatable bonds is 5. The molecular weight excluding hydrogens is 374 g/mol. The smallest absolute Gasteiger partial charge is 0.225 e. The van der Waals surface area contributed by atoms with E-state index in [0.29, 0.717) is 13.1 Å². The molecule has 0 aromatic heterocycles. The van der Waals surface area contributed by atoms with Crippen molar-refractivity contribution in [3.8, 4) is 0 Å². The number of aryl methyl sites for hydroxylation is 1. The molecule has 2 aromatic carbocycles. The molecule has 6 heteroatoms. The average Bonchev–Trinajstić information content (AvgIpc) is 3.04. The summed E-state index contributed by atoms with van der Waals surface area (Å²) in [5, 5.41) is 2.91. The van der Waals surface area contributed by atoms with Gasteiger partial charge in [-0.2, -0.15) is 0 Å². The number of likely N-dealkylation sites (tertiary alicyclic amines) is 1. The molecule has 1 aliphatic heterocycles. The third kappa shape index (κ3) is 5.33. The van der Waals surface area contributed by atoms with Crippen molar-refractivity contribution in [1.82, 2.24) is 10.2 Å². The van der Waals surface area contributed by atoms with Crippen LogP contribution in [0.3, 0.4) is 0 Å². The number of amides is 2. The van der Waals surface area contributed by atoms with E-state index in [4.69, 9.17) is 5.73 Å². The molecule has 0 radical (unpaired) electrons. The number of halogens is 1. The van der Waals surface area contributed by atoms with E-state index in [2.05, 4.69) is 17.4 Å². The van der Waals surface area contributed by atoms with Crippen LogP contribution in [0.15, 0.2) is 54.6 Å². The van der Waals surface area contributed by atoms with Gasteiger partial charge in [0.25, 0.3) is 0 Å². The largest absolute Gasteiger partial charge is 0.349 e. The minimum Gasteiger partial charge on any atom is -0.349 e. The number of nitrogens with one attached hydrogen (secondary N) is 1. The molecule has 1 unspecified atom stereocenters. The van der Waals surface area contributed by atoms with Gasteiger partial charge in [0.2, 0.25) is 11.8 Å². The molecule has 150 valence electrons. The Morgan fingerprint density at radius 3 is 2.36 bits per heavy atom. The molecule has 3 atom stereocenters. The van der Waals surface area contributed by atoms with E-state index in [1.165, 1.54) is 6.92 Å². The lowest BCUT2D eigenvalue weighted by atomic mass is 9.95. The van der Waals surface area contributed by atoms with Crippen molar-refractivity contribution in [2.45, 2.75) is 38.3 Å². The first-order valence-electron chi connectivity index (χ1n) is 9.36. The van der Waals surface area contributed by atoms with Crippen LogP contribution in [0.4, 0.5) is 0 Å². The zero-order valence-electron chi connectivity index (χ0n) is 16.3. The fraction of sp³-hybridized carbons (Fsp3) is 0.364. The highest BCUT2D eigenvalue weighted by Gasteiger charge is 2.34. The number of hydrogen-bond donors (Lipinski definition) is 2. The van der Waals surface area contributed by atoms with E-state index in [1.807, 2.05) is 54.3 Å². The predicted molar refractivity (Wildman–Crippen MR) is 113 cm³/mol. The predicted octanol–water partition coefficient (Wildman–Crippen LogP) is 2.94. The third-order valence-corrected chi connectivity index (χ3v) is 5.18. The summed E-state index contributed by atoms with van der Waals surface area (Å²) in [4.78, 5) is 26.4. The van der Waals surface area contributed by atoms with Crippen molar-refractivity contribution in [3.63, 3.8) is 0 Å². The molecule has 0 aliphatic carbocycles. The van der Waals surface area contributed by atoms with Crippen LogP contribution in [0.5, 0.6) is 0 Å². The molecule has 3 N–H and O–H groups in total. The third-order valence-electron chi connectivity index (χ3n) is 5.18. The van der Waals surface area contributed by atoms with Crippen molar-refractivity contribution >= 4 is 24.2 Å². The van der Waals surface area contributed by atoms with Crippen molar-refractivity contribution in [1.29, 1.82) is 0 Å². The van der Waals surface area contributed by atoms with Gasteiger partial charge in [-0.05, 0) is 18.1 Å². The van der Waals surface area contributed by atoms with Gasteiger partial charge in [0, 0.05) is 32.0 Å². The lowest BCUT2D eigenvalue weighted by molar-refractivity contribution is -0.131. The first kappa shape index (κ1) is 21.9. The summed E-state index contributed by atoms with van der Waals surface area (Å²) in [6, 6.07) is 17.6. The van der Waals surface area contributed by atoms with Gasteiger partial charge in [0.1, 0.15) is 0 Å². The molecule has 3 rings (SSSR count). The van der Waals surface area contributed by atoms with Crippen LogP contribution in [0.25, 0.3) is 0 Å². The van der Waals surface area contributed by atoms with E-state index < -0.39 is 0 Å². The summed E-state index contributed by atoms with van der Waals surface area (Å²) in [6.07, 6.45) is 0.233. The number of carbonyl (C=O) groups is 2. The molecule has 1 fully saturated rings. The van der Waals surface area contributed by atoms with Gasteiger partial charge in [-0.1, -0.05) is 60.2 Å². The van der Waals surface area contributed by atoms with E-state index in [9.17, 15) is 9.59 Å². The minimum absolute atomic E-state index is 0. The summed E-state index contributed by atoms with van der Waals surface area (Å²) < 4.78 is 0. The lowest BCUT2D eigenvalue weighted by Gasteiger charge is -2.22. The van der Waals surface area contributed by atoms with Crippen molar-refractivity contribution in [2.24, 2.45) is 5.73 Å². The molecule has 0 saturated carbocycles. The molecule has 28 heavy (non-hydrogen) atoms. The van der Waals surface area contributed by atoms with Crippen LogP contribution in [0.1, 0.15) is 42.0 Å². The molecular formula is C22H28ClN3O2. The second-order valence-corrected chi connectivity index (χ2v) is 7.35. The van der Waals surface area contributed by atoms with Gasteiger partial charge in [-0.15, -0.1) is 12.4 Å². The summed E-state index contributed by atoms with van der Waals surface area (Å²) in [5.74, 6) is 0.0191. The van der Waals surface area contributed by atoms with Crippen molar-refractivity contribution in [2.75, 3.05) is 13.1 Å². The Labute approximate surface area is 172 Å². The van der Waals surface area contributed by atoms with Gasteiger partial charge >= 0.3 is 0 Å². The van der Waals surface area contributed by atoms with Gasteiger partial charge in [-0.25, -0.2) is 0 Å². The fourth-order valence-corrected chi connectivity index (χ4v) is 3.69. The maximum absolute atomic E-state index is 12.9. The second kappa shape index (κ2) is 9.71.